The molecule has 0 aliphatic carbocycles. The zero-order valence-corrected chi connectivity index (χ0v) is 17.9. The highest BCUT2D eigenvalue weighted by Gasteiger charge is 2.29. The van der Waals surface area contributed by atoms with E-state index in [-0.39, 0.29) is 22.4 Å². The molecular weight excluding hydrogens is 423 g/mol. The maximum absolute atomic E-state index is 13.0. The van der Waals surface area contributed by atoms with Gasteiger partial charge in [0.15, 0.2) is 5.78 Å². The summed E-state index contributed by atoms with van der Waals surface area (Å²) in [6, 6.07) is 11.5. The summed E-state index contributed by atoms with van der Waals surface area (Å²) < 4.78 is 42.0. The molecule has 0 fully saturated rings. The second-order valence-corrected chi connectivity index (χ2v) is 8.13. The second kappa shape index (κ2) is 9.04. The van der Waals surface area contributed by atoms with Crippen molar-refractivity contribution in [2.75, 3.05) is 13.7 Å². The molecule has 32 heavy (non-hydrogen) atoms. The molecule has 3 rings (SSSR count). The van der Waals surface area contributed by atoms with Crippen molar-refractivity contribution in [1.29, 1.82) is 0 Å². The van der Waals surface area contributed by atoms with E-state index >= 15 is 0 Å². The molecule has 0 saturated heterocycles. The molecule has 3 N–H and O–H groups in total. The Kier molecular flexibility index (Phi) is 6.59. The highest BCUT2D eigenvalue weighted by Crippen LogP contribution is 2.32. The van der Waals surface area contributed by atoms with E-state index in [2.05, 4.69) is 5.32 Å². The van der Waals surface area contributed by atoms with Crippen LogP contribution in [0.2, 0.25) is 0 Å². The molecule has 0 atom stereocenters. The van der Waals surface area contributed by atoms with Gasteiger partial charge in [0, 0.05) is 34.0 Å². The first-order chi connectivity index (χ1) is 15.0. The molecule has 2 aromatic carbocycles. The number of hydrazine groups is 1. The minimum Gasteiger partial charge on any atom is -0.497 e. The van der Waals surface area contributed by atoms with Gasteiger partial charge in [-0.3, -0.25) is 15.0 Å². The summed E-state index contributed by atoms with van der Waals surface area (Å²) in [5.41, 5.74) is 6.36. The van der Waals surface area contributed by atoms with E-state index in [9.17, 15) is 22.8 Å². The number of amides is 1. The fourth-order valence-corrected chi connectivity index (χ4v) is 3.48. The van der Waals surface area contributed by atoms with Gasteiger partial charge in [-0.15, -0.1) is 0 Å². The first kappa shape index (κ1) is 23.3. The number of nitrogens with one attached hydrogen (secondary N) is 3. The van der Waals surface area contributed by atoms with Crippen molar-refractivity contribution < 1.29 is 27.5 Å². The molecule has 6 nitrogen and oxygen atoms in total. The maximum Gasteiger partial charge on any atom is 0.402 e. The number of carbonyl (C=O) groups excluding carboxylic acids is 2. The van der Waals surface area contributed by atoms with E-state index in [0.29, 0.717) is 11.4 Å². The van der Waals surface area contributed by atoms with Gasteiger partial charge in [0.1, 0.15) is 12.3 Å². The number of benzene rings is 2. The van der Waals surface area contributed by atoms with Crippen LogP contribution in [0.1, 0.15) is 45.7 Å². The number of alkyl halides is 3. The Balaban J connectivity index is 1.84. The van der Waals surface area contributed by atoms with Crippen LogP contribution in [0.4, 0.5) is 13.2 Å². The van der Waals surface area contributed by atoms with Crippen LogP contribution in [0.5, 0.6) is 5.75 Å². The Hall–Kier alpha value is -3.33. The number of allylic oxidation sites excluding steroid dienone is 1. The van der Waals surface area contributed by atoms with Crippen LogP contribution in [0.15, 0.2) is 48.5 Å². The quantitative estimate of drug-likeness (QED) is 0.358. The number of methoxy groups -OCH3 is 1. The van der Waals surface area contributed by atoms with E-state index in [0.717, 1.165) is 17.5 Å². The molecular formula is C23H24F3N3O3. The Morgan fingerprint density at radius 3 is 2.56 bits per heavy atom. The lowest BCUT2D eigenvalue weighted by molar-refractivity contribution is -0.126. The Morgan fingerprint density at radius 2 is 1.88 bits per heavy atom. The molecule has 2 aromatic rings. The lowest BCUT2D eigenvalue weighted by Gasteiger charge is -2.35. The second-order valence-electron chi connectivity index (χ2n) is 8.13. The Bertz CT molecular complexity index is 1060. The Morgan fingerprint density at radius 1 is 1.16 bits per heavy atom. The standard InChI is InChI=1S/C23H24F3N3O3/c1-22(2)12-16-7-8-17(32-3)10-18(16)19(28-22)11-20(30)14-5-4-6-15(9-14)21(31)29-27-13-23(24,25)26/h4-11,27-28H,12-13H2,1-3H3,(H,29,31)/b19-11-. The van der Waals surface area contributed by atoms with E-state index < -0.39 is 18.6 Å². The molecule has 1 aliphatic heterocycles. The van der Waals surface area contributed by atoms with E-state index in [1.165, 1.54) is 24.3 Å². The van der Waals surface area contributed by atoms with Gasteiger partial charge in [-0.2, -0.15) is 13.2 Å². The maximum atomic E-state index is 13.0. The van der Waals surface area contributed by atoms with Gasteiger partial charge in [-0.1, -0.05) is 18.2 Å². The van der Waals surface area contributed by atoms with Crippen LogP contribution < -0.4 is 20.9 Å². The summed E-state index contributed by atoms with van der Waals surface area (Å²) in [6.45, 7) is 2.68. The fourth-order valence-electron chi connectivity index (χ4n) is 3.48. The predicted octanol–water partition coefficient (Wildman–Crippen LogP) is 3.64. The van der Waals surface area contributed by atoms with Crippen LogP contribution in [0, 0.1) is 0 Å². The number of ether oxygens (including phenoxy) is 1. The molecule has 170 valence electrons. The smallest absolute Gasteiger partial charge is 0.402 e. The monoisotopic (exact) mass is 447 g/mol. The minimum absolute atomic E-state index is 0.0583. The van der Waals surface area contributed by atoms with Crippen LogP contribution in [-0.4, -0.2) is 37.1 Å². The van der Waals surface area contributed by atoms with E-state index in [1.54, 1.807) is 13.2 Å². The van der Waals surface area contributed by atoms with Gasteiger partial charge >= 0.3 is 6.18 Å². The summed E-state index contributed by atoms with van der Waals surface area (Å²) in [5.74, 6) is -0.464. The predicted molar refractivity (Wildman–Crippen MR) is 114 cm³/mol. The molecule has 9 heteroatoms. The topological polar surface area (TPSA) is 79.5 Å². The van der Waals surface area contributed by atoms with Gasteiger partial charge in [0.05, 0.1) is 7.11 Å². The van der Waals surface area contributed by atoms with Gasteiger partial charge in [-0.05, 0) is 50.1 Å². The summed E-state index contributed by atoms with van der Waals surface area (Å²) in [6.07, 6.45) is -2.24. The molecule has 0 unspecified atom stereocenters. The number of ketones is 1. The van der Waals surface area contributed by atoms with Gasteiger partial charge < -0.3 is 10.1 Å². The number of rotatable bonds is 6. The third-order valence-corrected chi connectivity index (χ3v) is 4.89. The van der Waals surface area contributed by atoms with E-state index in [4.69, 9.17) is 4.74 Å². The molecule has 0 bridgehead atoms. The minimum atomic E-state index is -4.46. The fraction of sp³-hybridized carbons (Fsp3) is 0.304. The van der Waals surface area contributed by atoms with E-state index in [1.807, 2.05) is 42.9 Å². The lowest BCUT2D eigenvalue weighted by Crippen LogP contribution is -2.43. The molecule has 1 aliphatic rings. The molecule has 0 radical (unpaired) electrons. The van der Waals surface area contributed by atoms with Crippen LogP contribution in [0.3, 0.4) is 0 Å². The number of hydrogen-bond acceptors (Lipinski definition) is 5. The summed E-state index contributed by atoms with van der Waals surface area (Å²) in [5, 5.41) is 3.37. The van der Waals surface area contributed by atoms with Crippen molar-refractivity contribution >= 4 is 17.4 Å². The van der Waals surface area contributed by atoms with Crippen LogP contribution in [0.25, 0.3) is 5.70 Å². The third-order valence-electron chi connectivity index (χ3n) is 4.89. The van der Waals surface area contributed by atoms with Crippen molar-refractivity contribution in [3.05, 3.63) is 70.8 Å². The van der Waals surface area contributed by atoms with Gasteiger partial charge in [0.25, 0.3) is 5.91 Å². The van der Waals surface area contributed by atoms with Crippen LogP contribution in [-0.2, 0) is 6.42 Å². The average molecular weight is 447 g/mol. The normalized spacial score (nSPS) is 16.1. The molecule has 0 saturated carbocycles. The average Bonchev–Trinajstić information content (AvgIpc) is 2.71. The first-order valence-corrected chi connectivity index (χ1v) is 9.89. The molecule has 0 spiro atoms. The zero-order valence-electron chi connectivity index (χ0n) is 17.9. The van der Waals surface area contributed by atoms with Crippen molar-refractivity contribution in [2.45, 2.75) is 32.0 Å². The number of fused-ring (bicyclic) bond motifs is 1. The molecule has 1 amide bonds. The zero-order chi connectivity index (χ0) is 23.5. The first-order valence-electron chi connectivity index (χ1n) is 9.89. The highest BCUT2D eigenvalue weighted by molar-refractivity contribution is 6.10. The third kappa shape index (κ3) is 5.88. The Labute approximate surface area is 183 Å². The highest BCUT2D eigenvalue weighted by atomic mass is 19.4. The number of halogens is 3. The number of hydrogen-bond donors (Lipinski definition) is 3. The summed E-state index contributed by atoms with van der Waals surface area (Å²) in [4.78, 5) is 25.1. The largest absolute Gasteiger partial charge is 0.497 e. The summed E-state index contributed by atoms with van der Waals surface area (Å²) in [7, 11) is 1.57. The summed E-state index contributed by atoms with van der Waals surface area (Å²) >= 11 is 0. The van der Waals surface area contributed by atoms with Crippen molar-refractivity contribution in [3.63, 3.8) is 0 Å². The van der Waals surface area contributed by atoms with Crippen molar-refractivity contribution in [3.8, 4) is 5.75 Å². The molecule has 0 aromatic heterocycles. The molecule has 1 heterocycles. The lowest BCUT2D eigenvalue weighted by atomic mass is 9.85. The van der Waals surface area contributed by atoms with Crippen LogP contribution >= 0.6 is 0 Å². The SMILES string of the molecule is COc1ccc2c(c1)/C(=C/C(=O)c1cccc(C(=O)NNCC(F)(F)F)c1)NC(C)(C)C2. The van der Waals surface area contributed by atoms with Crippen molar-refractivity contribution in [2.24, 2.45) is 0 Å². The number of carbonyl (C=O) groups is 2. The van der Waals surface area contributed by atoms with Crippen molar-refractivity contribution in [1.82, 2.24) is 16.2 Å². The van der Waals surface area contributed by atoms with Gasteiger partial charge in [0.2, 0.25) is 0 Å². The van der Waals surface area contributed by atoms with Gasteiger partial charge in [-0.25, -0.2) is 5.43 Å².